The van der Waals surface area contributed by atoms with Crippen molar-refractivity contribution in [2.45, 2.75) is 48.2 Å². The van der Waals surface area contributed by atoms with Gasteiger partial charge >= 0.3 is 0 Å². The molecule has 0 amide bonds. The lowest BCUT2D eigenvalue weighted by Crippen LogP contribution is -2.74. The SMILES string of the molecule is [2H][C@@H]1[C@H]([2H])[C@@H]2CC[C@H]1[C@H]1[C@@H]2[C@@]2(Cl)C(Cl)=C(Cl)[C@]1(Cl)[C@H]1[C@@H]2[C@H]2C=C[C@@H]1CC2. The van der Waals surface area contributed by atoms with E-state index >= 15 is 0 Å². The molecule has 0 spiro atoms. The highest BCUT2D eigenvalue weighted by Gasteiger charge is 2.77. The van der Waals surface area contributed by atoms with Crippen LogP contribution in [-0.4, -0.2) is 9.75 Å². The van der Waals surface area contributed by atoms with Crippen LogP contribution >= 0.6 is 46.4 Å². The van der Waals surface area contributed by atoms with Gasteiger partial charge in [-0.1, -0.05) is 35.4 Å². The molecule has 12 atom stereocenters. The summed E-state index contributed by atoms with van der Waals surface area (Å²) >= 11 is 28.9. The third-order valence-corrected chi connectivity index (χ3v) is 11.0. The van der Waals surface area contributed by atoms with Crippen LogP contribution in [0.3, 0.4) is 0 Å². The maximum atomic E-state index is 8.68. The number of alkyl halides is 2. The van der Waals surface area contributed by atoms with Gasteiger partial charge in [-0.3, -0.25) is 0 Å². The molecule has 0 N–H and O–H groups in total. The zero-order valence-electron chi connectivity index (χ0n) is 15.3. The highest BCUT2D eigenvalue weighted by molar-refractivity contribution is 6.49. The minimum absolute atomic E-state index is 0.0773. The molecule has 0 heterocycles. The predicted octanol–water partition coefficient (Wildman–Crippen LogP) is 6.54. The largest absolute Gasteiger partial charge is 0.112 e. The fourth-order valence-electron chi connectivity index (χ4n) is 7.65. The van der Waals surface area contributed by atoms with Crippen molar-refractivity contribution < 1.29 is 2.74 Å². The Kier molecular flexibility index (Phi) is 2.71. The quantitative estimate of drug-likeness (QED) is 0.317. The second-order valence-corrected chi connectivity index (χ2v) is 10.9. The Morgan fingerprint density at radius 1 is 0.750 bits per heavy atom. The zero-order chi connectivity index (χ0) is 18.2. The lowest BCUT2D eigenvalue weighted by atomic mass is 9.37. The molecular weight excluding hydrogens is 382 g/mol. The van der Waals surface area contributed by atoms with Gasteiger partial charge in [0.05, 0.1) is 19.8 Å². The fraction of sp³-hybridized carbons (Fsp3) is 0.800. The molecule has 24 heavy (non-hydrogen) atoms. The van der Waals surface area contributed by atoms with Gasteiger partial charge in [0.15, 0.2) is 0 Å². The zero-order valence-corrected chi connectivity index (χ0v) is 16.3. The van der Waals surface area contributed by atoms with Crippen molar-refractivity contribution in [3.8, 4) is 0 Å². The summed E-state index contributed by atoms with van der Waals surface area (Å²) in [4.78, 5) is -1.41. The predicted molar refractivity (Wildman–Crippen MR) is 101 cm³/mol. The first-order chi connectivity index (χ1) is 12.3. The first kappa shape index (κ1) is 13.8. The Hall–Kier alpha value is 0.640. The van der Waals surface area contributed by atoms with Gasteiger partial charge in [-0.05, 0) is 85.8 Å². The summed E-state index contributed by atoms with van der Waals surface area (Å²) in [6.07, 6.45) is 8.12. The third-order valence-electron chi connectivity index (χ3n) is 8.30. The molecule has 9 rings (SSSR count). The first-order valence-electron chi connectivity index (χ1n) is 10.4. The number of halogens is 4. The molecule has 6 bridgehead atoms. The molecule has 130 valence electrons. The molecule has 4 heteroatoms. The highest BCUT2D eigenvalue weighted by Crippen LogP contribution is 2.78. The van der Waals surface area contributed by atoms with Crippen molar-refractivity contribution in [3.05, 3.63) is 22.2 Å². The van der Waals surface area contributed by atoms with Crippen LogP contribution in [0.1, 0.15) is 41.2 Å². The van der Waals surface area contributed by atoms with E-state index in [-0.39, 0.29) is 48.3 Å². The summed E-state index contributed by atoms with van der Waals surface area (Å²) in [5.74, 6) is 1.57. The van der Waals surface area contributed by atoms with E-state index in [1.807, 2.05) is 0 Å². The van der Waals surface area contributed by atoms with Gasteiger partial charge in [0.2, 0.25) is 0 Å². The lowest BCUT2D eigenvalue weighted by Gasteiger charge is -2.73. The van der Waals surface area contributed by atoms with E-state index in [4.69, 9.17) is 49.1 Å². The van der Waals surface area contributed by atoms with Crippen LogP contribution < -0.4 is 0 Å². The minimum Gasteiger partial charge on any atom is -0.112 e. The lowest BCUT2D eigenvalue weighted by molar-refractivity contribution is -0.121. The second-order valence-electron chi connectivity index (χ2n) is 8.85. The smallest absolute Gasteiger partial charge is 0.0884 e. The molecule has 0 saturated heterocycles. The van der Waals surface area contributed by atoms with E-state index in [9.17, 15) is 0 Å². The molecule has 0 aliphatic heterocycles. The molecule has 5 saturated carbocycles. The van der Waals surface area contributed by atoms with Gasteiger partial charge in [0.1, 0.15) is 0 Å². The van der Waals surface area contributed by atoms with Crippen LogP contribution in [-0.2, 0) is 0 Å². The number of hydrogen-bond donors (Lipinski definition) is 0. The van der Waals surface area contributed by atoms with Crippen LogP contribution in [0.2, 0.25) is 0 Å². The monoisotopic (exact) mass is 404 g/mol. The van der Waals surface area contributed by atoms with Gasteiger partial charge in [-0.2, -0.15) is 0 Å². The summed E-state index contributed by atoms with van der Waals surface area (Å²) in [6, 6.07) is 0. The van der Waals surface area contributed by atoms with Gasteiger partial charge < -0.3 is 0 Å². The van der Waals surface area contributed by atoms with Crippen molar-refractivity contribution in [2.75, 3.05) is 0 Å². The molecule has 0 aromatic heterocycles. The summed E-state index contributed by atoms with van der Waals surface area (Å²) < 4.78 is 17.4. The number of hydrogen-bond acceptors (Lipinski definition) is 0. The van der Waals surface area contributed by atoms with Crippen LogP contribution in [0.5, 0.6) is 0 Å². The molecule has 0 unspecified atom stereocenters. The Balaban J connectivity index is 1.64. The minimum atomic E-state index is -0.707. The molecular formula is C20H22Cl4. The summed E-state index contributed by atoms with van der Waals surface area (Å²) in [5.41, 5.74) is 0. The van der Waals surface area contributed by atoms with Crippen molar-refractivity contribution >= 4 is 46.4 Å². The van der Waals surface area contributed by atoms with Crippen molar-refractivity contribution in [3.63, 3.8) is 0 Å². The normalized spacial score (nSPS) is 70.2. The van der Waals surface area contributed by atoms with Crippen LogP contribution in [0, 0.1) is 47.3 Å². The molecule has 9 aliphatic carbocycles. The number of fused-ring (bicyclic) bond motifs is 3. The maximum absolute atomic E-state index is 8.68. The van der Waals surface area contributed by atoms with Crippen molar-refractivity contribution in [2.24, 2.45) is 47.3 Å². The van der Waals surface area contributed by atoms with Crippen LogP contribution in [0.4, 0.5) is 0 Å². The van der Waals surface area contributed by atoms with Crippen LogP contribution in [0.15, 0.2) is 22.2 Å². The Bertz CT molecular complexity index is 692. The summed E-state index contributed by atoms with van der Waals surface area (Å²) in [7, 11) is 0. The molecule has 9 aliphatic rings. The van der Waals surface area contributed by atoms with E-state index in [1.54, 1.807) is 0 Å². The molecule has 5 fully saturated rings. The summed E-state index contributed by atoms with van der Waals surface area (Å²) in [6.45, 7) is 0. The number of allylic oxidation sites excluding steroid dienone is 4. The Morgan fingerprint density at radius 3 is 1.54 bits per heavy atom. The number of rotatable bonds is 0. The topological polar surface area (TPSA) is 0 Å². The molecule has 0 radical (unpaired) electrons. The average Bonchev–Trinajstić information content (AvgIpc) is 2.67. The van der Waals surface area contributed by atoms with E-state index in [0.717, 1.165) is 25.7 Å². The highest BCUT2D eigenvalue weighted by atomic mass is 35.5. The van der Waals surface area contributed by atoms with E-state index < -0.39 is 9.75 Å². The average molecular weight is 406 g/mol. The molecule has 0 aromatic rings. The van der Waals surface area contributed by atoms with Crippen LogP contribution in [0.25, 0.3) is 0 Å². The standard InChI is InChI=1S/C20H22Cl4/c21-17-18(22)20(24)14-10-2-1-9(3-4-10)13(14)19(17,23)15-11-5-7-12(8-6-11)16(15)20/h1-2,9-16H,3-8H2/t9-,10+,11-,12+,13-,14+,15+,16-,19+,20-/i5D,7D/t5-,7+,9-,10+,11+,12-,13-,14+,15+,16-,19+,20-. The fourth-order valence-corrected chi connectivity index (χ4v) is 9.94. The van der Waals surface area contributed by atoms with Gasteiger partial charge in [0, 0.05) is 2.74 Å². The van der Waals surface area contributed by atoms with E-state index in [2.05, 4.69) is 12.2 Å². The maximum Gasteiger partial charge on any atom is 0.0884 e. The molecule has 0 aromatic carbocycles. The van der Waals surface area contributed by atoms with Crippen molar-refractivity contribution in [1.29, 1.82) is 0 Å². The second kappa shape index (κ2) is 4.73. The Labute approximate surface area is 166 Å². The van der Waals surface area contributed by atoms with E-state index in [0.29, 0.717) is 21.9 Å². The van der Waals surface area contributed by atoms with Gasteiger partial charge in [-0.15, -0.1) is 23.2 Å². The Morgan fingerprint density at radius 2 is 1.17 bits per heavy atom. The van der Waals surface area contributed by atoms with Gasteiger partial charge in [-0.25, -0.2) is 0 Å². The van der Waals surface area contributed by atoms with E-state index in [1.165, 1.54) is 0 Å². The molecule has 0 nitrogen and oxygen atoms in total. The first-order valence-corrected chi connectivity index (χ1v) is 10.8. The van der Waals surface area contributed by atoms with Crippen molar-refractivity contribution in [1.82, 2.24) is 0 Å². The third kappa shape index (κ3) is 1.48. The van der Waals surface area contributed by atoms with Gasteiger partial charge in [0.25, 0.3) is 0 Å². The summed E-state index contributed by atoms with van der Waals surface area (Å²) in [5, 5.41) is 1.11.